The van der Waals surface area contributed by atoms with Crippen LogP contribution in [0.25, 0.3) is 0 Å². The van der Waals surface area contributed by atoms with Gasteiger partial charge in [0.1, 0.15) is 0 Å². The first-order chi connectivity index (χ1) is 11.3. The Hall–Kier alpha value is -2.25. The van der Waals surface area contributed by atoms with Gasteiger partial charge < -0.3 is 19.8 Å². The molecule has 0 spiro atoms. The van der Waals surface area contributed by atoms with E-state index >= 15 is 0 Å². The number of ether oxygens (including phenoxy) is 2. The van der Waals surface area contributed by atoms with Crippen LogP contribution < -0.4 is 5.32 Å². The minimum absolute atomic E-state index is 0.0727. The lowest BCUT2D eigenvalue weighted by Crippen LogP contribution is -2.50. The standard InChI is InChI=1S/C16H20N4O3/c21-16(7-13-8-17-11-19-13)20-14-10-22-6-4-15(14)23-9-12-3-1-2-5-18-12/h1-3,5,8,11,14-15H,4,6-7,9-10H2,(H,17,19)(H,20,21)/t14-,15-/m1/s1. The van der Waals surface area contributed by atoms with Crippen molar-refractivity contribution in [1.29, 1.82) is 0 Å². The van der Waals surface area contributed by atoms with Gasteiger partial charge in [-0.25, -0.2) is 4.98 Å². The maximum Gasteiger partial charge on any atom is 0.226 e. The molecule has 0 radical (unpaired) electrons. The van der Waals surface area contributed by atoms with Crippen molar-refractivity contribution in [3.05, 3.63) is 48.3 Å². The third-order valence-corrected chi connectivity index (χ3v) is 3.72. The van der Waals surface area contributed by atoms with E-state index in [1.54, 1.807) is 18.7 Å². The minimum Gasteiger partial charge on any atom is -0.379 e. The summed E-state index contributed by atoms with van der Waals surface area (Å²) in [5.41, 5.74) is 1.66. The van der Waals surface area contributed by atoms with Gasteiger partial charge in [-0.1, -0.05) is 6.07 Å². The minimum atomic E-state index is -0.150. The van der Waals surface area contributed by atoms with Crippen LogP contribution in [-0.2, 0) is 27.3 Å². The van der Waals surface area contributed by atoms with E-state index in [1.807, 2.05) is 18.2 Å². The molecule has 7 nitrogen and oxygen atoms in total. The Balaban J connectivity index is 1.52. The molecule has 1 aliphatic rings. The summed E-state index contributed by atoms with van der Waals surface area (Å²) in [7, 11) is 0. The van der Waals surface area contributed by atoms with Crippen LogP contribution in [0.1, 0.15) is 17.8 Å². The molecule has 2 aromatic heterocycles. The van der Waals surface area contributed by atoms with Crippen LogP contribution in [0.15, 0.2) is 36.9 Å². The second-order valence-corrected chi connectivity index (χ2v) is 5.46. The van der Waals surface area contributed by atoms with Crippen LogP contribution in [-0.4, -0.2) is 46.2 Å². The fourth-order valence-corrected chi connectivity index (χ4v) is 2.54. The highest BCUT2D eigenvalue weighted by atomic mass is 16.5. The average molecular weight is 316 g/mol. The van der Waals surface area contributed by atoms with Crippen LogP contribution in [0.2, 0.25) is 0 Å². The van der Waals surface area contributed by atoms with E-state index in [2.05, 4.69) is 20.3 Å². The number of amides is 1. The zero-order chi connectivity index (χ0) is 15.9. The van der Waals surface area contributed by atoms with Crippen LogP contribution in [0.3, 0.4) is 0 Å². The molecular formula is C16H20N4O3. The summed E-state index contributed by atoms with van der Waals surface area (Å²) in [4.78, 5) is 23.2. The highest BCUT2D eigenvalue weighted by Crippen LogP contribution is 2.14. The SMILES string of the molecule is O=C(Cc1cnc[nH]1)N[C@@H]1COCC[C@H]1OCc1ccccn1. The van der Waals surface area contributed by atoms with Gasteiger partial charge in [0.25, 0.3) is 0 Å². The maximum absolute atomic E-state index is 12.1. The van der Waals surface area contributed by atoms with Crippen molar-refractivity contribution in [3.63, 3.8) is 0 Å². The zero-order valence-electron chi connectivity index (χ0n) is 12.8. The second-order valence-electron chi connectivity index (χ2n) is 5.46. The molecule has 2 atom stereocenters. The van der Waals surface area contributed by atoms with Crippen molar-refractivity contribution >= 4 is 5.91 Å². The van der Waals surface area contributed by atoms with E-state index in [4.69, 9.17) is 9.47 Å². The second kappa shape index (κ2) is 7.85. The Kier molecular flexibility index (Phi) is 5.33. The first kappa shape index (κ1) is 15.6. The number of aromatic amines is 1. The van der Waals surface area contributed by atoms with Gasteiger partial charge in [0.15, 0.2) is 0 Å². The molecule has 2 aromatic rings. The number of aromatic nitrogens is 3. The van der Waals surface area contributed by atoms with E-state index in [0.29, 0.717) is 19.8 Å². The van der Waals surface area contributed by atoms with Gasteiger partial charge >= 0.3 is 0 Å². The smallest absolute Gasteiger partial charge is 0.226 e. The Morgan fingerprint density at radius 1 is 1.48 bits per heavy atom. The summed E-state index contributed by atoms with van der Waals surface area (Å²) in [5, 5.41) is 2.99. The predicted molar refractivity (Wildman–Crippen MR) is 82.5 cm³/mol. The molecule has 3 rings (SSSR count). The lowest BCUT2D eigenvalue weighted by atomic mass is 10.1. The summed E-state index contributed by atoms with van der Waals surface area (Å²) in [6, 6.07) is 5.57. The van der Waals surface area contributed by atoms with E-state index in [0.717, 1.165) is 17.8 Å². The number of carbonyl (C=O) groups is 1. The van der Waals surface area contributed by atoms with Gasteiger partial charge in [0.05, 0.1) is 43.8 Å². The Morgan fingerprint density at radius 2 is 2.43 bits per heavy atom. The molecule has 7 heteroatoms. The van der Waals surface area contributed by atoms with E-state index in [-0.39, 0.29) is 24.5 Å². The number of H-pyrrole nitrogens is 1. The molecule has 3 heterocycles. The number of hydrogen-bond donors (Lipinski definition) is 2. The molecular weight excluding hydrogens is 296 g/mol. The van der Waals surface area contributed by atoms with Crippen LogP contribution in [0, 0.1) is 0 Å². The summed E-state index contributed by atoms with van der Waals surface area (Å²) < 4.78 is 11.4. The maximum atomic E-state index is 12.1. The Morgan fingerprint density at radius 3 is 3.22 bits per heavy atom. The predicted octanol–water partition coefficient (Wildman–Crippen LogP) is 0.838. The normalized spacial score (nSPS) is 21.0. The molecule has 2 N–H and O–H groups in total. The summed E-state index contributed by atoms with van der Waals surface area (Å²) >= 11 is 0. The van der Waals surface area contributed by atoms with Gasteiger partial charge in [-0.15, -0.1) is 0 Å². The molecule has 0 bridgehead atoms. The van der Waals surface area contributed by atoms with E-state index in [9.17, 15) is 4.79 Å². The lowest BCUT2D eigenvalue weighted by Gasteiger charge is -2.32. The number of rotatable bonds is 6. The van der Waals surface area contributed by atoms with Gasteiger partial charge in [-0.05, 0) is 18.6 Å². The number of hydrogen-bond acceptors (Lipinski definition) is 5. The van der Waals surface area contributed by atoms with Crippen molar-refractivity contribution in [2.24, 2.45) is 0 Å². The average Bonchev–Trinajstić information content (AvgIpc) is 3.08. The molecule has 0 unspecified atom stereocenters. The first-order valence-corrected chi connectivity index (χ1v) is 7.67. The topological polar surface area (TPSA) is 89.1 Å². The quantitative estimate of drug-likeness (QED) is 0.824. The molecule has 1 amide bonds. The number of pyridine rings is 1. The molecule has 1 saturated heterocycles. The van der Waals surface area contributed by atoms with Crippen LogP contribution in [0.4, 0.5) is 0 Å². The van der Waals surface area contributed by atoms with Gasteiger partial charge in [0.2, 0.25) is 5.91 Å². The third-order valence-electron chi connectivity index (χ3n) is 3.72. The fraction of sp³-hybridized carbons (Fsp3) is 0.438. The molecule has 0 aliphatic carbocycles. The lowest BCUT2D eigenvalue weighted by molar-refractivity contribution is -0.126. The first-order valence-electron chi connectivity index (χ1n) is 7.67. The number of nitrogens with zero attached hydrogens (tertiary/aromatic N) is 2. The summed E-state index contributed by atoms with van der Waals surface area (Å²) in [6.07, 6.45) is 5.89. The summed E-state index contributed by atoms with van der Waals surface area (Å²) in [6.45, 7) is 1.53. The molecule has 1 aliphatic heterocycles. The Bertz CT molecular complexity index is 603. The summed E-state index contributed by atoms with van der Waals surface area (Å²) in [5.74, 6) is -0.0730. The Labute approximate surface area is 134 Å². The van der Waals surface area contributed by atoms with E-state index in [1.165, 1.54) is 0 Å². The van der Waals surface area contributed by atoms with Crippen LogP contribution in [0.5, 0.6) is 0 Å². The van der Waals surface area contributed by atoms with Gasteiger partial charge in [0, 0.05) is 24.7 Å². The monoisotopic (exact) mass is 316 g/mol. The zero-order valence-corrected chi connectivity index (χ0v) is 12.8. The van der Waals surface area contributed by atoms with Crippen molar-refractivity contribution in [2.45, 2.75) is 31.6 Å². The highest BCUT2D eigenvalue weighted by molar-refractivity contribution is 5.78. The molecule has 0 aromatic carbocycles. The number of imidazole rings is 1. The van der Waals surface area contributed by atoms with Crippen LogP contribution >= 0.6 is 0 Å². The van der Waals surface area contributed by atoms with Crippen molar-refractivity contribution in [3.8, 4) is 0 Å². The fourth-order valence-electron chi connectivity index (χ4n) is 2.54. The molecule has 1 fully saturated rings. The van der Waals surface area contributed by atoms with Gasteiger partial charge in [-0.3, -0.25) is 9.78 Å². The highest BCUT2D eigenvalue weighted by Gasteiger charge is 2.28. The van der Waals surface area contributed by atoms with Crippen molar-refractivity contribution in [1.82, 2.24) is 20.3 Å². The largest absolute Gasteiger partial charge is 0.379 e. The number of carbonyl (C=O) groups excluding carboxylic acids is 1. The third kappa shape index (κ3) is 4.61. The van der Waals surface area contributed by atoms with Crippen molar-refractivity contribution in [2.75, 3.05) is 13.2 Å². The van der Waals surface area contributed by atoms with Crippen molar-refractivity contribution < 1.29 is 14.3 Å². The molecule has 23 heavy (non-hydrogen) atoms. The molecule has 122 valence electrons. The van der Waals surface area contributed by atoms with Gasteiger partial charge in [-0.2, -0.15) is 0 Å². The van der Waals surface area contributed by atoms with E-state index < -0.39 is 0 Å². The number of nitrogens with one attached hydrogen (secondary N) is 2. The molecule has 0 saturated carbocycles.